The zero-order chi connectivity index (χ0) is 15.4. The predicted molar refractivity (Wildman–Crippen MR) is 84.3 cm³/mol. The van der Waals surface area contributed by atoms with Gasteiger partial charge >= 0.3 is 0 Å². The second kappa shape index (κ2) is 6.91. The van der Waals surface area contributed by atoms with E-state index < -0.39 is 0 Å². The molecule has 21 heavy (non-hydrogen) atoms. The fraction of sp³-hybridized carbons (Fsp3) is 0.467. The maximum Gasteiger partial charge on any atom is 0.227 e. The molecule has 4 N–H and O–H groups in total. The summed E-state index contributed by atoms with van der Waals surface area (Å²) in [6.07, 6.45) is 3.57. The summed E-state index contributed by atoms with van der Waals surface area (Å²) in [5.41, 5.74) is 7.06. The van der Waals surface area contributed by atoms with Crippen molar-refractivity contribution >= 4 is 34.8 Å². The molecule has 2 amide bonds. The molecule has 0 spiro atoms. The fourth-order valence-electron chi connectivity index (χ4n) is 2.59. The monoisotopic (exact) mass is 309 g/mol. The third-order valence-electron chi connectivity index (χ3n) is 3.63. The van der Waals surface area contributed by atoms with Gasteiger partial charge in [0.2, 0.25) is 11.8 Å². The molecule has 0 saturated heterocycles. The van der Waals surface area contributed by atoms with Crippen LogP contribution in [0.4, 0.5) is 11.4 Å². The number of nitrogens with one attached hydrogen (secondary N) is 2. The molecular formula is C15H20ClN3O2. The van der Waals surface area contributed by atoms with Crippen LogP contribution in [0.25, 0.3) is 0 Å². The van der Waals surface area contributed by atoms with E-state index in [-0.39, 0.29) is 23.8 Å². The quantitative estimate of drug-likeness (QED) is 0.802. The molecule has 1 aromatic carbocycles. The van der Waals surface area contributed by atoms with Crippen LogP contribution in [0.5, 0.6) is 0 Å². The maximum atomic E-state index is 12.2. The first-order valence-corrected chi connectivity index (χ1v) is 7.47. The van der Waals surface area contributed by atoms with Crippen molar-refractivity contribution in [1.29, 1.82) is 0 Å². The van der Waals surface area contributed by atoms with E-state index >= 15 is 0 Å². The topological polar surface area (TPSA) is 84.2 Å². The molecule has 1 saturated carbocycles. The minimum absolute atomic E-state index is 0.0199. The number of halogens is 1. The molecular weight excluding hydrogens is 290 g/mol. The summed E-state index contributed by atoms with van der Waals surface area (Å²) in [7, 11) is 0. The Labute approximate surface area is 129 Å². The molecule has 0 heterocycles. The van der Waals surface area contributed by atoms with Gasteiger partial charge in [0.15, 0.2) is 0 Å². The second-order valence-corrected chi connectivity index (χ2v) is 5.90. The van der Waals surface area contributed by atoms with Crippen molar-refractivity contribution in [2.75, 3.05) is 10.6 Å². The number of hydrogen-bond acceptors (Lipinski definition) is 3. The lowest BCUT2D eigenvalue weighted by Crippen LogP contribution is -2.34. The van der Waals surface area contributed by atoms with Crippen LogP contribution in [-0.4, -0.2) is 17.9 Å². The SMILES string of the molecule is CC(=O)Nc1ccc(NC(=O)C2CCCC(N)C2)cc1Cl. The molecule has 1 aliphatic carbocycles. The van der Waals surface area contributed by atoms with Crippen molar-refractivity contribution in [3.05, 3.63) is 23.2 Å². The molecule has 1 aromatic rings. The van der Waals surface area contributed by atoms with Crippen molar-refractivity contribution in [2.45, 2.75) is 38.6 Å². The molecule has 2 rings (SSSR count). The van der Waals surface area contributed by atoms with Gasteiger partial charge in [-0.3, -0.25) is 9.59 Å². The van der Waals surface area contributed by atoms with Crippen LogP contribution >= 0.6 is 11.6 Å². The van der Waals surface area contributed by atoms with Crippen molar-refractivity contribution in [2.24, 2.45) is 11.7 Å². The highest BCUT2D eigenvalue weighted by molar-refractivity contribution is 6.34. The number of carbonyl (C=O) groups excluding carboxylic acids is 2. The van der Waals surface area contributed by atoms with E-state index in [0.717, 1.165) is 25.7 Å². The number of amides is 2. The van der Waals surface area contributed by atoms with Crippen molar-refractivity contribution in [3.8, 4) is 0 Å². The lowest BCUT2D eigenvalue weighted by molar-refractivity contribution is -0.121. The van der Waals surface area contributed by atoms with Gasteiger partial charge in [-0.2, -0.15) is 0 Å². The lowest BCUT2D eigenvalue weighted by atomic mass is 9.85. The molecule has 0 aliphatic heterocycles. The van der Waals surface area contributed by atoms with E-state index in [9.17, 15) is 9.59 Å². The van der Waals surface area contributed by atoms with Gasteiger partial charge in [-0.15, -0.1) is 0 Å². The Morgan fingerprint density at radius 2 is 2.05 bits per heavy atom. The highest BCUT2D eigenvalue weighted by Gasteiger charge is 2.25. The Morgan fingerprint density at radius 3 is 2.67 bits per heavy atom. The first-order valence-electron chi connectivity index (χ1n) is 7.09. The van der Waals surface area contributed by atoms with Gasteiger partial charge in [-0.25, -0.2) is 0 Å². The Hall–Kier alpha value is -1.59. The Bertz CT molecular complexity index is 548. The first-order chi connectivity index (χ1) is 9.95. The highest BCUT2D eigenvalue weighted by atomic mass is 35.5. The summed E-state index contributed by atoms with van der Waals surface area (Å²) in [4.78, 5) is 23.2. The van der Waals surface area contributed by atoms with Crippen molar-refractivity contribution in [3.63, 3.8) is 0 Å². The zero-order valence-electron chi connectivity index (χ0n) is 12.0. The Morgan fingerprint density at radius 1 is 1.29 bits per heavy atom. The van der Waals surface area contributed by atoms with E-state index in [2.05, 4.69) is 10.6 Å². The minimum atomic E-state index is -0.190. The fourth-order valence-corrected chi connectivity index (χ4v) is 2.82. The van der Waals surface area contributed by atoms with Gasteiger partial charge in [0.25, 0.3) is 0 Å². The van der Waals surface area contributed by atoms with Gasteiger partial charge in [-0.1, -0.05) is 18.0 Å². The number of anilines is 2. The van der Waals surface area contributed by atoms with Gasteiger partial charge in [0, 0.05) is 24.6 Å². The molecule has 5 nitrogen and oxygen atoms in total. The average Bonchev–Trinajstić information content (AvgIpc) is 2.41. The normalized spacial score (nSPS) is 21.7. The molecule has 0 bridgehead atoms. The van der Waals surface area contributed by atoms with E-state index in [1.807, 2.05) is 0 Å². The van der Waals surface area contributed by atoms with Gasteiger partial charge in [0.05, 0.1) is 10.7 Å². The van der Waals surface area contributed by atoms with Crippen LogP contribution < -0.4 is 16.4 Å². The van der Waals surface area contributed by atoms with Crippen LogP contribution in [0.2, 0.25) is 5.02 Å². The third kappa shape index (κ3) is 4.44. The van der Waals surface area contributed by atoms with Crippen LogP contribution in [0, 0.1) is 5.92 Å². The summed E-state index contributed by atoms with van der Waals surface area (Å²) in [6.45, 7) is 1.42. The maximum absolute atomic E-state index is 12.2. The molecule has 0 aromatic heterocycles. The molecule has 2 unspecified atom stereocenters. The average molecular weight is 310 g/mol. The standard InChI is InChI=1S/C15H20ClN3O2/c1-9(20)18-14-6-5-12(8-13(14)16)19-15(21)10-3-2-4-11(17)7-10/h5-6,8,10-11H,2-4,7,17H2,1H3,(H,18,20)(H,19,21). The van der Waals surface area contributed by atoms with Gasteiger partial charge in [0.1, 0.15) is 0 Å². The van der Waals surface area contributed by atoms with E-state index in [0.29, 0.717) is 16.4 Å². The van der Waals surface area contributed by atoms with Gasteiger partial charge < -0.3 is 16.4 Å². The number of benzene rings is 1. The minimum Gasteiger partial charge on any atom is -0.328 e. The number of rotatable bonds is 3. The third-order valence-corrected chi connectivity index (χ3v) is 3.95. The molecule has 2 atom stereocenters. The Balaban J connectivity index is 2.00. The van der Waals surface area contributed by atoms with Crippen LogP contribution in [0.15, 0.2) is 18.2 Å². The first kappa shape index (κ1) is 15.8. The smallest absolute Gasteiger partial charge is 0.227 e. The summed E-state index contributed by atoms with van der Waals surface area (Å²) < 4.78 is 0. The van der Waals surface area contributed by atoms with Crippen molar-refractivity contribution in [1.82, 2.24) is 0 Å². The molecule has 0 radical (unpaired) electrons. The number of carbonyl (C=O) groups is 2. The van der Waals surface area contributed by atoms with E-state index in [1.165, 1.54) is 6.92 Å². The zero-order valence-corrected chi connectivity index (χ0v) is 12.7. The van der Waals surface area contributed by atoms with Crippen molar-refractivity contribution < 1.29 is 9.59 Å². The summed E-state index contributed by atoms with van der Waals surface area (Å²) in [6, 6.07) is 5.14. The van der Waals surface area contributed by atoms with Gasteiger partial charge in [-0.05, 0) is 37.5 Å². The number of nitrogens with two attached hydrogens (primary N) is 1. The summed E-state index contributed by atoms with van der Waals surface area (Å²) in [5.74, 6) is -0.249. The Kier molecular flexibility index (Phi) is 5.20. The predicted octanol–water partition coefficient (Wildman–Crippen LogP) is 2.75. The molecule has 1 aliphatic rings. The summed E-state index contributed by atoms with van der Waals surface area (Å²) >= 11 is 6.08. The van der Waals surface area contributed by atoms with Crippen LogP contribution in [0.1, 0.15) is 32.6 Å². The van der Waals surface area contributed by atoms with E-state index in [1.54, 1.807) is 18.2 Å². The highest BCUT2D eigenvalue weighted by Crippen LogP contribution is 2.28. The molecule has 1 fully saturated rings. The molecule has 114 valence electrons. The van der Waals surface area contributed by atoms with Crippen LogP contribution in [-0.2, 0) is 9.59 Å². The summed E-state index contributed by atoms with van der Waals surface area (Å²) in [5, 5.41) is 5.88. The largest absolute Gasteiger partial charge is 0.328 e. The number of hydrogen-bond donors (Lipinski definition) is 3. The lowest BCUT2D eigenvalue weighted by Gasteiger charge is -2.25. The van der Waals surface area contributed by atoms with E-state index in [4.69, 9.17) is 17.3 Å². The van der Waals surface area contributed by atoms with Crippen LogP contribution in [0.3, 0.4) is 0 Å². The molecule has 6 heteroatoms. The second-order valence-electron chi connectivity index (χ2n) is 5.49.